The molecule has 0 saturated heterocycles. The van der Waals surface area contributed by atoms with Crippen LogP contribution in [-0.4, -0.2) is 15.4 Å². The summed E-state index contributed by atoms with van der Waals surface area (Å²) in [7, 11) is 0. The van der Waals surface area contributed by atoms with Crippen molar-refractivity contribution in [3.8, 4) is 5.75 Å². The number of halogens is 1. The second-order valence-corrected chi connectivity index (χ2v) is 7.76. The van der Waals surface area contributed by atoms with Gasteiger partial charge >= 0.3 is 6.03 Å². The molecule has 0 atom stereocenters. The predicted octanol–water partition coefficient (Wildman–Crippen LogP) is 5.19. The summed E-state index contributed by atoms with van der Waals surface area (Å²) in [5.74, 6) is 0.454. The van der Waals surface area contributed by atoms with Gasteiger partial charge in [-0.25, -0.2) is 9.78 Å². The van der Waals surface area contributed by atoms with Crippen molar-refractivity contribution in [1.82, 2.24) is 9.38 Å². The number of urea groups is 1. The zero-order chi connectivity index (χ0) is 22.7. The second-order valence-electron chi connectivity index (χ2n) is 7.35. The van der Waals surface area contributed by atoms with Crippen LogP contribution in [0.5, 0.6) is 5.75 Å². The van der Waals surface area contributed by atoms with E-state index in [-0.39, 0.29) is 12.2 Å². The summed E-state index contributed by atoms with van der Waals surface area (Å²) < 4.78 is 7.36. The van der Waals surface area contributed by atoms with Crippen molar-refractivity contribution in [2.45, 2.75) is 20.5 Å². The highest BCUT2D eigenvalue weighted by molar-refractivity contribution is 6.31. The largest absolute Gasteiger partial charge is 0.485 e. The number of ether oxygens (including phenoxy) is 1. The maximum absolute atomic E-state index is 12.4. The lowest BCUT2D eigenvalue weighted by atomic mass is 10.2. The molecule has 0 spiro atoms. The number of para-hydroxylation sites is 2. The fourth-order valence-corrected chi connectivity index (χ4v) is 3.32. The number of aromatic nitrogens is 2. The van der Waals surface area contributed by atoms with Gasteiger partial charge in [-0.3, -0.25) is 9.20 Å². The van der Waals surface area contributed by atoms with Crippen molar-refractivity contribution < 1.29 is 9.53 Å². The summed E-state index contributed by atoms with van der Waals surface area (Å²) in [5, 5.41) is 6.09. The van der Waals surface area contributed by atoms with E-state index in [1.807, 2.05) is 26.0 Å². The minimum absolute atomic E-state index is 0.0769. The molecule has 162 valence electrons. The van der Waals surface area contributed by atoms with Crippen LogP contribution >= 0.6 is 11.6 Å². The summed E-state index contributed by atoms with van der Waals surface area (Å²) in [6.45, 7) is 3.88. The van der Waals surface area contributed by atoms with Crippen LogP contribution in [0.1, 0.15) is 16.8 Å². The van der Waals surface area contributed by atoms with Crippen LogP contribution in [0.3, 0.4) is 0 Å². The van der Waals surface area contributed by atoms with Gasteiger partial charge in [0, 0.05) is 23.0 Å². The fourth-order valence-electron chi connectivity index (χ4n) is 3.13. The van der Waals surface area contributed by atoms with E-state index in [1.54, 1.807) is 48.7 Å². The molecule has 0 fully saturated rings. The van der Waals surface area contributed by atoms with E-state index in [0.717, 1.165) is 11.1 Å². The molecule has 2 heterocycles. The minimum atomic E-state index is -0.432. The number of carbonyl (C=O) groups excluding carboxylic acids is 1. The van der Waals surface area contributed by atoms with Gasteiger partial charge in [0.2, 0.25) is 0 Å². The van der Waals surface area contributed by atoms with E-state index in [4.69, 9.17) is 16.3 Å². The van der Waals surface area contributed by atoms with Crippen molar-refractivity contribution in [3.05, 3.63) is 99.1 Å². The Bertz CT molecular complexity index is 1370. The number of benzene rings is 2. The van der Waals surface area contributed by atoms with E-state index in [9.17, 15) is 9.59 Å². The van der Waals surface area contributed by atoms with Gasteiger partial charge in [-0.05, 0) is 55.3 Å². The van der Waals surface area contributed by atoms with E-state index in [0.29, 0.717) is 33.5 Å². The standard InChI is InChI=1S/C24H21ClN4O3/c1-15-7-10-22-26-18(12-23(30)29(22)13-15)14-32-21-6-4-3-5-20(21)28-24(31)27-17-9-8-16(2)19(25)11-17/h3-13H,14H2,1-2H3,(H2,27,28,31). The third kappa shape index (κ3) is 4.90. The van der Waals surface area contributed by atoms with Gasteiger partial charge in [-0.2, -0.15) is 0 Å². The van der Waals surface area contributed by atoms with Crippen LogP contribution in [-0.2, 0) is 6.61 Å². The molecule has 0 aliphatic heterocycles. The highest BCUT2D eigenvalue weighted by Crippen LogP contribution is 2.25. The molecule has 2 amide bonds. The first-order valence-corrected chi connectivity index (χ1v) is 10.3. The zero-order valence-electron chi connectivity index (χ0n) is 17.6. The number of carbonyl (C=O) groups is 1. The third-order valence-electron chi connectivity index (χ3n) is 4.80. The summed E-state index contributed by atoms with van der Waals surface area (Å²) >= 11 is 6.12. The van der Waals surface area contributed by atoms with Crippen molar-refractivity contribution in [2.24, 2.45) is 0 Å². The number of anilines is 2. The fraction of sp³-hybridized carbons (Fsp3) is 0.125. The lowest BCUT2D eigenvalue weighted by molar-refractivity contribution is 0.261. The first-order valence-electron chi connectivity index (χ1n) is 9.94. The Balaban J connectivity index is 1.47. The van der Waals surface area contributed by atoms with Crippen LogP contribution < -0.4 is 20.9 Å². The van der Waals surface area contributed by atoms with Crippen LogP contribution in [0, 0.1) is 13.8 Å². The van der Waals surface area contributed by atoms with Gasteiger partial charge in [0.15, 0.2) is 0 Å². The Labute approximate surface area is 189 Å². The highest BCUT2D eigenvalue weighted by Gasteiger charge is 2.10. The van der Waals surface area contributed by atoms with Crippen molar-refractivity contribution >= 4 is 34.7 Å². The van der Waals surface area contributed by atoms with E-state index < -0.39 is 6.03 Å². The number of hydrogen-bond donors (Lipinski definition) is 2. The van der Waals surface area contributed by atoms with Crippen molar-refractivity contribution in [1.29, 1.82) is 0 Å². The molecule has 0 saturated carbocycles. The predicted molar refractivity (Wildman–Crippen MR) is 126 cm³/mol. The molecule has 4 rings (SSSR count). The molecule has 2 aromatic heterocycles. The van der Waals surface area contributed by atoms with Gasteiger partial charge in [0.05, 0.1) is 11.4 Å². The number of hydrogen-bond acceptors (Lipinski definition) is 4. The smallest absolute Gasteiger partial charge is 0.323 e. The second kappa shape index (κ2) is 9.11. The molecule has 0 bridgehead atoms. The van der Waals surface area contributed by atoms with Crippen molar-refractivity contribution in [3.63, 3.8) is 0 Å². The molecule has 32 heavy (non-hydrogen) atoms. The number of rotatable bonds is 5. The van der Waals surface area contributed by atoms with Crippen LogP contribution in [0.4, 0.5) is 16.2 Å². The topological polar surface area (TPSA) is 84.7 Å². The summed E-state index contributed by atoms with van der Waals surface area (Å²) in [6.07, 6.45) is 1.74. The summed E-state index contributed by atoms with van der Waals surface area (Å²) in [6, 6.07) is 17.0. The van der Waals surface area contributed by atoms with Crippen molar-refractivity contribution in [2.75, 3.05) is 10.6 Å². The first-order chi connectivity index (χ1) is 15.4. The van der Waals surface area contributed by atoms with Crippen LogP contribution in [0.15, 0.2) is 71.7 Å². The molecule has 7 nitrogen and oxygen atoms in total. The average Bonchev–Trinajstić information content (AvgIpc) is 2.76. The number of pyridine rings is 1. The minimum Gasteiger partial charge on any atom is -0.485 e. The summed E-state index contributed by atoms with van der Waals surface area (Å²) in [5.41, 5.74) is 3.81. The molecule has 0 aliphatic rings. The molecule has 8 heteroatoms. The van der Waals surface area contributed by atoms with E-state index >= 15 is 0 Å². The molecule has 4 aromatic rings. The Kier molecular flexibility index (Phi) is 6.09. The Morgan fingerprint density at radius 1 is 1.06 bits per heavy atom. The van der Waals surface area contributed by atoms with Gasteiger partial charge in [0.1, 0.15) is 18.0 Å². The normalized spacial score (nSPS) is 10.7. The van der Waals surface area contributed by atoms with Gasteiger partial charge in [-0.1, -0.05) is 35.9 Å². The molecular weight excluding hydrogens is 428 g/mol. The maximum atomic E-state index is 12.4. The molecule has 2 aromatic carbocycles. The van der Waals surface area contributed by atoms with Gasteiger partial charge < -0.3 is 15.4 Å². The zero-order valence-corrected chi connectivity index (χ0v) is 18.3. The molecule has 0 unspecified atom stereocenters. The SMILES string of the molecule is Cc1ccc2nc(COc3ccccc3NC(=O)Nc3ccc(C)c(Cl)c3)cc(=O)n2c1. The number of nitrogens with one attached hydrogen (secondary N) is 2. The lowest BCUT2D eigenvalue weighted by Gasteiger charge is -2.13. The van der Waals surface area contributed by atoms with Gasteiger partial charge in [-0.15, -0.1) is 0 Å². The highest BCUT2D eigenvalue weighted by atomic mass is 35.5. The quantitative estimate of drug-likeness (QED) is 0.440. The van der Waals surface area contributed by atoms with E-state index in [1.165, 1.54) is 10.5 Å². The number of amides is 2. The van der Waals surface area contributed by atoms with Crippen LogP contribution in [0.25, 0.3) is 5.65 Å². The van der Waals surface area contributed by atoms with Gasteiger partial charge in [0.25, 0.3) is 5.56 Å². The number of fused-ring (bicyclic) bond motifs is 1. The average molecular weight is 449 g/mol. The first kappa shape index (κ1) is 21.4. The summed E-state index contributed by atoms with van der Waals surface area (Å²) in [4.78, 5) is 29.3. The third-order valence-corrected chi connectivity index (χ3v) is 5.21. The molecular formula is C24H21ClN4O3. The van der Waals surface area contributed by atoms with E-state index in [2.05, 4.69) is 15.6 Å². The Morgan fingerprint density at radius 2 is 1.88 bits per heavy atom. The Morgan fingerprint density at radius 3 is 2.69 bits per heavy atom. The number of aryl methyl sites for hydroxylation is 2. The molecule has 0 aliphatic carbocycles. The maximum Gasteiger partial charge on any atom is 0.323 e. The Hall–Kier alpha value is -3.84. The molecule has 0 radical (unpaired) electrons. The molecule has 2 N–H and O–H groups in total. The lowest BCUT2D eigenvalue weighted by Crippen LogP contribution is -2.20. The number of nitrogens with zero attached hydrogens (tertiary/aromatic N) is 2. The van der Waals surface area contributed by atoms with Crippen LogP contribution in [0.2, 0.25) is 5.02 Å². The monoisotopic (exact) mass is 448 g/mol.